The Balaban J connectivity index is 2.22. The maximum atomic E-state index is 6.30. The number of methoxy groups -OCH3 is 1. The van der Waals surface area contributed by atoms with E-state index in [-0.39, 0.29) is 0 Å². The number of pyridine rings is 1. The maximum absolute atomic E-state index is 6.30. The van der Waals surface area contributed by atoms with Gasteiger partial charge in [0.15, 0.2) is 5.58 Å². The van der Waals surface area contributed by atoms with Gasteiger partial charge in [0, 0.05) is 15.8 Å². The maximum Gasteiger partial charge on any atom is 0.161 e. The molecule has 104 valence electrons. The molecule has 21 heavy (non-hydrogen) atoms. The van der Waals surface area contributed by atoms with E-state index >= 15 is 0 Å². The van der Waals surface area contributed by atoms with Gasteiger partial charge in [0.2, 0.25) is 0 Å². The van der Waals surface area contributed by atoms with E-state index in [9.17, 15) is 0 Å². The quantitative estimate of drug-likeness (QED) is 0.438. The minimum Gasteiger partial charge on any atom is -0.497 e. The van der Waals surface area contributed by atoms with E-state index in [1.165, 1.54) is 0 Å². The number of nitrogens with zero attached hydrogens (tertiary/aromatic N) is 1. The number of ether oxygens (including phenoxy) is 1. The van der Waals surface area contributed by atoms with Gasteiger partial charge in [0.1, 0.15) is 22.0 Å². The number of hydrogen-bond donors (Lipinski definition) is 0. The Hall–Kier alpha value is -1.97. The fraction of sp³-hybridized carbons (Fsp3) is 0.0625. The molecule has 0 atom stereocenters. The van der Waals surface area contributed by atoms with E-state index < -0.39 is 0 Å². The summed E-state index contributed by atoms with van der Waals surface area (Å²) in [6.45, 7) is 0. The molecule has 4 aromatic rings. The van der Waals surface area contributed by atoms with Crippen molar-refractivity contribution in [3.63, 3.8) is 0 Å². The number of fused-ring (bicyclic) bond motifs is 5. The fourth-order valence-corrected chi connectivity index (χ4v) is 2.94. The lowest BCUT2D eigenvalue weighted by Gasteiger charge is -2.01. The molecule has 0 aliphatic rings. The predicted molar refractivity (Wildman–Crippen MR) is 85.6 cm³/mol. The van der Waals surface area contributed by atoms with Gasteiger partial charge < -0.3 is 9.15 Å². The van der Waals surface area contributed by atoms with Crippen molar-refractivity contribution in [2.24, 2.45) is 0 Å². The third-order valence-electron chi connectivity index (χ3n) is 3.53. The van der Waals surface area contributed by atoms with Crippen LogP contribution in [0.15, 0.2) is 40.8 Å². The summed E-state index contributed by atoms with van der Waals surface area (Å²) in [5.41, 5.74) is 2.18. The fourth-order valence-electron chi connectivity index (χ4n) is 2.53. The van der Waals surface area contributed by atoms with Crippen LogP contribution in [0.1, 0.15) is 0 Å². The lowest BCUT2D eigenvalue weighted by atomic mass is 10.1. The SMILES string of the molecule is COc1ccc2oc3c4ccc(Cl)cc4c(Cl)nc3c2c1. The Morgan fingerprint density at radius 2 is 1.86 bits per heavy atom. The first-order chi connectivity index (χ1) is 10.2. The first kappa shape index (κ1) is 12.7. The highest BCUT2D eigenvalue weighted by Crippen LogP contribution is 2.37. The van der Waals surface area contributed by atoms with Gasteiger partial charge in [0.05, 0.1) is 12.5 Å². The van der Waals surface area contributed by atoms with Crippen LogP contribution in [0.3, 0.4) is 0 Å². The summed E-state index contributed by atoms with van der Waals surface area (Å²) in [4.78, 5) is 4.47. The highest BCUT2D eigenvalue weighted by molar-refractivity contribution is 6.37. The molecule has 2 heterocycles. The van der Waals surface area contributed by atoms with Crippen molar-refractivity contribution >= 4 is 56.0 Å². The number of hydrogen-bond acceptors (Lipinski definition) is 3. The molecule has 0 unspecified atom stereocenters. The average molecular weight is 318 g/mol. The molecule has 0 bridgehead atoms. The Morgan fingerprint density at radius 3 is 2.67 bits per heavy atom. The largest absolute Gasteiger partial charge is 0.497 e. The van der Waals surface area contributed by atoms with Gasteiger partial charge in [-0.2, -0.15) is 0 Å². The van der Waals surface area contributed by atoms with Crippen LogP contribution in [-0.2, 0) is 0 Å². The third kappa shape index (κ3) is 1.85. The number of furan rings is 1. The molecule has 0 aliphatic carbocycles. The molecule has 0 N–H and O–H groups in total. The molecule has 0 spiro atoms. The van der Waals surface area contributed by atoms with Gasteiger partial charge >= 0.3 is 0 Å². The van der Waals surface area contributed by atoms with E-state index in [0.717, 1.165) is 33.0 Å². The summed E-state index contributed by atoms with van der Waals surface area (Å²) in [6.07, 6.45) is 0. The highest BCUT2D eigenvalue weighted by atomic mass is 35.5. The van der Waals surface area contributed by atoms with E-state index in [2.05, 4.69) is 4.98 Å². The number of rotatable bonds is 1. The van der Waals surface area contributed by atoms with E-state index in [0.29, 0.717) is 15.8 Å². The van der Waals surface area contributed by atoms with Gasteiger partial charge in [-0.15, -0.1) is 0 Å². The van der Waals surface area contributed by atoms with Crippen LogP contribution in [0.5, 0.6) is 5.75 Å². The summed E-state index contributed by atoms with van der Waals surface area (Å²) in [7, 11) is 1.63. The molecule has 2 aromatic carbocycles. The van der Waals surface area contributed by atoms with Crippen LogP contribution >= 0.6 is 23.2 Å². The lowest BCUT2D eigenvalue weighted by molar-refractivity contribution is 0.415. The van der Waals surface area contributed by atoms with Gasteiger partial charge in [0.25, 0.3) is 0 Å². The second kappa shape index (κ2) is 4.52. The first-order valence-electron chi connectivity index (χ1n) is 6.32. The molecular formula is C16H9Cl2NO2. The summed E-state index contributed by atoms with van der Waals surface area (Å²) in [6, 6.07) is 11.1. The Bertz CT molecular complexity index is 1010. The minimum absolute atomic E-state index is 0.408. The van der Waals surface area contributed by atoms with Crippen LogP contribution in [0.2, 0.25) is 10.2 Å². The molecule has 0 saturated heterocycles. The second-order valence-corrected chi connectivity index (χ2v) is 5.53. The molecule has 0 fully saturated rings. The van der Waals surface area contributed by atoms with Gasteiger partial charge in [-0.1, -0.05) is 23.2 Å². The Morgan fingerprint density at radius 1 is 1.00 bits per heavy atom. The molecule has 5 heteroatoms. The van der Waals surface area contributed by atoms with E-state index in [4.69, 9.17) is 32.4 Å². The van der Waals surface area contributed by atoms with Gasteiger partial charge in [-0.25, -0.2) is 4.98 Å². The molecule has 0 aliphatic heterocycles. The summed E-state index contributed by atoms with van der Waals surface area (Å²) < 4.78 is 11.2. The number of benzene rings is 2. The van der Waals surface area contributed by atoms with E-state index in [1.54, 1.807) is 13.2 Å². The molecular weight excluding hydrogens is 309 g/mol. The summed E-state index contributed by atoms with van der Waals surface area (Å²) in [5.74, 6) is 0.749. The summed E-state index contributed by atoms with van der Waals surface area (Å²) in [5, 5.41) is 3.57. The van der Waals surface area contributed by atoms with Crippen LogP contribution < -0.4 is 4.74 Å². The molecule has 3 nitrogen and oxygen atoms in total. The van der Waals surface area contributed by atoms with Crippen molar-refractivity contribution in [2.75, 3.05) is 7.11 Å². The van der Waals surface area contributed by atoms with Crippen molar-refractivity contribution in [3.05, 3.63) is 46.6 Å². The first-order valence-corrected chi connectivity index (χ1v) is 7.08. The Kier molecular flexibility index (Phi) is 2.74. The van der Waals surface area contributed by atoms with Crippen LogP contribution in [0.4, 0.5) is 0 Å². The standard InChI is InChI=1S/C16H9Cl2NO2/c1-20-9-3-5-13-12(7-9)14-15(21-13)10-4-2-8(17)6-11(10)16(18)19-14/h2-7H,1H3. The topological polar surface area (TPSA) is 35.3 Å². The molecule has 2 aromatic heterocycles. The van der Waals surface area contributed by atoms with Gasteiger partial charge in [-0.05, 0) is 36.4 Å². The predicted octanol–water partition coefficient (Wildman–Crippen LogP) is 5.45. The molecule has 4 rings (SSSR count). The number of aromatic nitrogens is 1. The van der Waals surface area contributed by atoms with Crippen molar-refractivity contribution < 1.29 is 9.15 Å². The molecule has 0 amide bonds. The zero-order chi connectivity index (χ0) is 14.6. The average Bonchev–Trinajstić information content (AvgIpc) is 2.85. The highest BCUT2D eigenvalue weighted by Gasteiger charge is 2.15. The summed E-state index contributed by atoms with van der Waals surface area (Å²) >= 11 is 12.3. The normalized spacial score (nSPS) is 11.6. The smallest absolute Gasteiger partial charge is 0.161 e. The van der Waals surface area contributed by atoms with Crippen molar-refractivity contribution in [1.82, 2.24) is 4.98 Å². The van der Waals surface area contributed by atoms with E-state index in [1.807, 2.05) is 30.3 Å². The van der Waals surface area contributed by atoms with Crippen LogP contribution in [0, 0.1) is 0 Å². The van der Waals surface area contributed by atoms with Crippen molar-refractivity contribution in [3.8, 4) is 5.75 Å². The molecule has 0 radical (unpaired) electrons. The minimum atomic E-state index is 0.408. The van der Waals surface area contributed by atoms with Crippen LogP contribution in [-0.4, -0.2) is 12.1 Å². The van der Waals surface area contributed by atoms with Crippen molar-refractivity contribution in [1.29, 1.82) is 0 Å². The number of halogens is 2. The molecule has 0 saturated carbocycles. The zero-order valence-corrected chi connectivity index (χ0v) is 12.5. The van der Waals surface area contributed by atoms with Crippen molar-refractivity contribution in [2.45, 2.75) is 0 Å². The monoisotopic (exact) mass is 317 g/mol. The van der Waals surface area contributed by atoms with Gasteiger partial charge in [-0.3, -0.25) is 0 Å². The lowest BCUT2D eigenvalue weighted by Crippen LogP contribution is -1.83. The Labute approximate surface area is 130 Å². The second-order valence-electron chi connectivity index (χ2n) is 4.73. The third-order valence-corrected chi connectivity index (χ3v) is 4.05. The van der Waals surface area contributed by atoms with Crippen LogP contribution in [0.25, 0.3) is 32.8 Å². The zero-order valence-electron chi connectivity index (χ0n) is 11.0.